The summed E-state index contributed by atoms with van der Waals surface area (Å²) in [5.74, 6) is 0. The maximum Gasteiger partial charge on any atom is 0.243 e. The highest BCUT2D eigenvalue weighted by molar-refractivity contribution is 7.89. The third-order valence-electron chi connectivity index (χ3n) is 5.36. The number of fused-ring (bicyclic) bond motifs is 1. The highest BCUT2D eigenvalue weighted by Crippen LogP contribution is 2.26. The molecule has 0 aliphatic carbocycles. The predicted molar refractivity (Wildman–Crippen MR) is 109 cm³/mol. The second-order valence-electron chi connectivity index (χ2n) is 7.53. The smallest absolute Gasteiger partial charge is 0.243 e. The number of para-hydroxylation sites is 1. The standard InChI is InChI=1S/C21H25N3O3S/c1-15-12-16(2)21(17(3)13-15)28(25,26)24-10-8-23(9-11-24)14-19-18-6-4-5-7-20(18)27-22-19/h4-7,12-13H,8-11,14H2,1-3H3. The minimum Gasteiger partial charge on any atom is -0.356 e. The molecule has 0 radical (unpaired) electrons. The van der Waals surface area contributed by atoms with E-state index in [1.165, 1.54) is 0 Å². The molecule has 0 bridgehead atoms. The number of aromatic nitrogens is 1. The number of sulfonamides is 1. The molecular weight excluding hydrogens is 374 g/mol. The summed E-state index contributed by atoms with van der Waals surface area (Å²) in [6, 6.07) is 11.7. The highest BCUT2D eigenvalue weighted by Gasteiger charge is 2.31. The summed E-state index contributed by atoms with van der Waals surface area (Å²) in [4.78, 5) is 2.68. The maximum absolute atomic E-state index is 13.2. The highest BCUT2D eigenvalue weighted by atomic mass is 32.2. The van der Waals surface area contributed by atoms with E-state index in [2.05, 4.69) is 10.1 Å². The second kappa shape index (κ2) is 7.31. The van der Waals surface area contributed by atoms with E-state index in [0.29, 0.717) is 37.6 Å². The van der Waals surface area contributed by atoms with Crippen LogP contribution in [0.25, 0.3) is 11.0 Å². The molecule has 0 unspecified atom stereocenters. The Morgan fingerprint density at radius 3 is 2.32 bits per heavy atom. The van der Waals surface area contributed by atoms with Crippen LogP contribution in [-0.2, 0) is 16.6 Å². The molecule has 1 fully saturated rings. The van der Waals surface area contributed by atoms with E-state index in [-0.39, 0.29) is 0 Å². The van der Waals surface area contributed by atoms with Crippen LogP contribution >= 0.6 is 0 Å². The van der Waals surface area contributed by atoms with E-state index in [1.54, 1.807) is 4.31 Å². The fourth-order valence-corrected chi connectivity index (χ4v) is 5.93. The monoisotopic (exact) mass is 399 g/mol. The van der Waals surface area contributed by atoms with Crippen molar-refractivity contribution in [3.05, 3.63) is 58.8 Å². The molecule has 0 spiro atoms. The summed E-state index contributed by atoms with van der Waals surface area (Å²) >= 11 is 0. The number of piperazine rings is 1. The van der Waals surface area contributed by atoms with Crippen LogP contribution in [-0.4, -0.2) is 49.0 Å². The molecule has 0 N–H and O–H groups in total. The van der Waals surface area contributed by atoms with Crippen LogP contribution in [0.5, 0.6) is 0 Å². The SMILES string of the molecule is Cc1cc(C)c(S(=O)(=O)N2CCN(Cc3noc4ccccc34)CC2)c(C)c1. The minimum absolute atomic E-state index is 0.453. The maximum atomic E-state index is 13.2. The van der Waals surface area contributed by atoms with Gasteiger partial charge in [-0.25, -0.2) is 8.42 Å². The molecule has 28 heavy (non-hydrogen) atoms. The van der Waals surface area contributed by atoms with Gasteiger partial charge in [0.1, 0.15) is 5.69 Å². The molecule has 6 nitrogen and oxygen atoms in total. The van der Waals surface area contributed by atoms with E-state index in [0.717, 1.165) is 33.4 Å². The molecule has 148 valence electrons. The first-order chi connectivity index (χ1) is 13.4. The van der Waals surface area contributed by atoms with Gasteiger partial charge in [0.05, 0.1) is 4.90 Å². The van der Waals surface area contributed by atoms with Gasteiger partial charge >= 0.3 is 0 Å². The van der Waals surface area contributed by atoms with Gasteiger partial charge in [0, 0.05) is 38.1 Å². The van der Waals surface area contributed by atoms with Gasteiger partial charge in [-0.2, -0.15) is 4.31 Å². The van der Waals surface area contributed by atoms with Crippen molar-refractivity contribution >= 4 is 21.0 Å². The second-order valence-corrected chi connectivity index (χ2v) is 9.41. The van der Waals surface area contributed by atoms with Gasteiger partial charge in [0.15, 0.2) is 5.58 Å². The summed E-state index contributed by atoms with van der Waals surface area (Å²) in [7, 11) is -3.49. The summed E-state index contributed by atoms with van der Waals surface area (Å²) in [6.07, 6.45) is 0. The number of hydrogen-bond donors (Lipinski definition) is 0. The fraction of sp³-hybridized carbons (Fsp3) is 0.381. The predicted octanol–water partition coefficient (Wildman–Crippen LogP) is 3.26. The number of nitrogens with zero attached hydrogens (tertiary/aromatic N) is 3. The van der Waals surface area contributed by atoms with E-state index in [1.807, 2.05) is 57.2 Å². The lowest BCUT2D eigenvalue weighted by atomic mass is 10.1. The van der Waals surface area contributed by atoms with Gasteiger partial charge in [-0.15, -0.1) is 0 Å². The normalized spacial score (nSPS) is 16.7. The molecule has 1 saturated heterocycles. The summed E-state index contributed by atoms with van der Waals surface area (Å²) in [5.41, 5.74) is 4.39. The first-order valence-electron chi connectivity index (χ1n) is 9.50. The van der Waals surface area contributed by atoms with Crippen LogP contribution in [0.2, 0.25) is 0 Å². The molecule has 1 aromatic heterocycles. The van der Waals surface area contributed by atoms with Gasteiger partial charge in [-0.1, -0.05) is 35.0 Å². The van der Waals surface area contributed by atoms with Gasteiger partial charge in [0.2, 0.25) is 10.0 Å². The summed E-state index contributed by atoms with van der Waals surface area (Å²) in [5, 5.41) is 5.20. The van der Waals surface area contributed by atoms with Crippen LogP contribution in [0, 0.1) is 20.8 Å². The lowest BCUT2D eigenvalue weighted by Gasteiger charge is -2.34. The molecule has 3 aromatic rings. The first kappa shape index (κ1) is 19.1. The average molecular weight is 400 g/mol. The Bertz CT molecular complexity index is 1090. The van der Waals surface area contributed by atoms with Gasteiger partial charge in [0.25, 0.3) is 0 Å². The number of benzene rings is 2. The van der Waals surface area contributed by atoms with Gasteiger partial charge in [-0.3, -0.25) is 4.90 Å². The minimum atomic E-state index is -3.49. The molecule has 0 saturated carbocycles. The lowest BCUT2D eigenvalue weighted by molar-refractivity contribution is 0.178. The van der Waals surface area contributed by atoms with Crippen molar-refractivity contribution in [3.63, 3.8) is 0 Å². The van der Waals surface area contributed by atoms with E-state index >= 15 is 0 Å². The van der Waals surface area contributed by atoms with Crippen molar-refractivity contribution in [1.82, 2.24) is 14.4 Å². The summed E-state index contributed by atoms with van der Waals surface area (Å²) in [6.45, 7) is 8.69. The first-order valence-corrected chi connectivity index (χ1v) is 10.9. The van der Waals surface area contributed by atoms with Gasteiger partial charge < -0.3 is 4.52 Å². The van der Waals surface area contributed by atoms with Crippen molar-refractivity contribution in [2.45, 2.75) is 32.2 Å². The molecule has 7 heteroatoms. The van der Waals surface area contributed by atoms with E-state index < -0.39 is 10.0 Å². The quantitative estimate of drug-likeness (QED) is 0.674. The van der Waals surface area contributed by atoms with Crippen molar-refractivity contribution in [3.8, 4) is 0 Å². The Labute approximate surface area is 165 Å². The van der Waals surface area contributed by atoms with Gasteiger partial charge in [-0.05, 0) is 44.0 Å². The Morgan fingerprint density at radius 2 is 1.64 bits per heavy atom. The molecule has 2 aromatic carbocycles. The third kappa shape index (κ3) is 3.45. The zero-order chi connectivity index (χ0) is 19.9. The average Bonchev–Trinajstić information content (AvgIpc) is 3.04. The number of rotatable bonds is 4. The fourth-order valence-electron chi connectivity index (χ4n) is 4.09. The van der Waals surface area contributed by atoms with Crippen molar-refractivity contribution in [2.24, 2.45) is 0 Å². The zero-order valence-electron chi connectivity index (χ0n) is 16.5. The molecule has 0 amide bonds. The third-order valence-corrected chi connectivity index (χ3v) is 7.56. The Hall–Kier alpha value is -2.22. The lowest BCUT2D eigenvalue weighted by Crippen LogP contribution is -2.48. The Kier molecular flexibility index (Phi) is 4.99. The Morgan fingerprint density at radius 1 is 1.00 bits per heavy atom. The molecule has 4 rings (SSSR count). The zero-order valence-corrected chi connectivity index (χ0v) is 17.3. The molecule has 2 heterocycles. The largest absolute Gasteiger partial charge is 0.356 e. The van der Waals surface area contributed by atoms with Crippen LogP contribution in [0.1, 0.15) is 22.4 Å². The van der Waals surface area contributed by atoms with Crippen LogP contribution in [0.4, 0.5) is 0 Å². The van der Waals surface area contributed by atoms with Crippen LogP contribution < -0.4 is 0 Å². The topological polar surface area (TPSA) is 66.7 Å². The number of hydrogen-bond acceptors (Lipinski definition) is 5. The van der Waals surface area contributed by atoms with E-state index in [4.69, 9.17) is 4.52 Å². The molecule has 0 atom stereocenters. The van der Waals surface area contributed by atoms with Crippen LogP contribution in [0.15, 0.2) is 45.8 Å². The van der Waals surface area contributed by atoms with Crippen molar-refractivity contribution in [1.29, 1.82) is 0 Å². The molecule has 1 aliphatic heterocycles. The Balaban J connectivity index is 1.48. The molecular formula is C21H25N3O3S. The van der Waals surface area contributed by atoms with Crippen molar-refractivity contribution < 1.29 is 12.9 Å². The summed E-state index contributed by atoms with van der Waals surface area (Å²) < 4.78 is 33.4. The van der Waals surface area contributed by atoms with Crippen molar-refractivity contribution in [2.75, 3.05) is 26.2 Å². The molecule has 1 aliphatic rings. The van der Waals surface area contributed by atoms with E-state index in [9.17, 15) is 8.42 Å². The number of aryl methyl sites for hydroxylation is 3. The van der Waals surface area contributed by atoms with Crippen LogP contribution in [0.3, 0.4) is 0 Å².